The van der Waals surface area contributed by atoms with Crippen molar-refractivity contribution in [3.63, 3.8) is 0 Å². The average Bonchev–Trinajstić information content (AvgIpc) is 2.43. The molecule has 2 N–H and O–H groups in total. The van der Waals surface area contributed by atoms with Crippen LogP contribution in [0.4, 0.5) is 0 Å². The second-order valence-electron chi connectivity index (χ2n) is 5.31. The highest BCUT2D eigenvalue weighted by Crippen LogP contribution is 2.28. The summed E-state index contributed by atoms with van der Waals surface area (Å²) in [6, 6.07) is 6.12. The van der Waals surface area contributed by atoms with Crippen molar-refractivity contribution in [1.29, 1.82) is 0 Å². The standard InChI is InChI=1S/C15H23NO3S/c1-15(2,14(17)18)7-8-16-10-11-5-6-13(20-4)12(9-11)19-3/h5-6,9,16H,7-8,10H2,1-4H3,(H,17,18). The molecule has 0 aliphatic rings. The van der Waals surface area contributed by atoms with E-state index in [9.17, 15) is 4.79 Å². The van der Waals surface area contributed by atoms with Crippen LogP contribution in [-0.4, -0.2) is 31.0 Å². The van der Waals surface area contributed by atoms with Gasteiger partial charge in [-0.15, -0.1) is 11.8 Å². The number of benzene rings is 1. The van der Waals surface area contributed by atoms with Crippen molar-refractivity contribution in [2.24, 2.45) is 5.41 Å². The molecule has 1 aromatic rings. The predicted octanol–water partition coefficient (Wildman–Crippen LogP) is 3.01. The van der Waals surface area contributed by atoms with Crippen LogP contribution in [0.3, 0.4) is 0 Å². The lowest BCUT2D eigenvalue weighted by molar-refractivity contribution is -0.147. The molecule has 0 amide bonds. The van der Waals surface area contributed by atoms with Crippen LogP contribution in [0.5, 0.6) is 5.75 Å². The number of hydrogen-bond donors (Lipinski definition) is 2. The van der Waals surface area contributed by atoms with Gasteiger partial charge in [-0.25, -0.2) is 0 Å². The molecule has 0 saturated carbocycles. The van der Waals surface area contributed by atoms with E-state index in [0.29, 0.717) is 19.5 Å². The number of thioether (sulfide) groups is 1. The lowest BCUT2D eigenvalue weighted by Gasteiger charge is -2.19. The van der Waals surface area contributed by atoms with E-state index in [1.54, 1.807) is 32.7 Å². The molecule has 4 nitrogen and oxygen atoms in total. The minimum absolute atomic E-state index is 0.600. The highest BCUT2D eigenvalue weighted by Gasteiger charge is 2.25. The van der Waals surface area contributed by atoms with Crippen LogP contribution in [0.1, 0.15) is 25.8 Å². The maximum absolute atomic E-state index is 11.0. The lowest BCUT2D eigenvalue weighted by atomic mass is 9.90. The van der Waals surface area contributed by atoms with E-state index in [4.69, 9.17) is 9.84 Å². The third kappa shape index (κ3) is 4.72. The third-order valence-electron chi connectivity index (χ3n) is 3.28. The molecule has 0 fully saturated rings. The summed E-state index contributed by atoms with van der Waals surface area (Å²) in [5.74, 6) is 0.118. The number of nitrogens with one attached hydrogen (secondary N) is 1. The molecule has 0 aliphatic carbocycles. The van der Waals surface area contributed by atoms with E-state index >= 15 is 0 Å². The number of carboxylic acid groups (broad SMARTS) is 1. The van der Waals surface area contributed by atoms with Crippen molar-refractivity contribution in [1.82, 2.24) is 5.32 Å². The summed E-state index contributed by atoms with van der Waals surface area (Å²) in [5.41, 5.74) is 0.445. The van der Waals surface area contributed by atoms with E-state index < -0.39 is 11.4 Å². The largest absolute Gasteiger partial charge is 0.496 e. The zero-order chi connectivity index (χ0) is 15.2. The van der Waals surface area contributed by atoms with Crippen LogP contribution >= 0.6 is 11.8 Å². The fraction of sp³-hybridized carbons (Fsp3) is 0.533. The molecule has 5 heteroatoms. The van der Waals surface area contributed by atoms with Gasteiger partial charge in [-0.2, -0.15) is 0 Å². The first kappa shape index (κ1) is 16.9. The number of rotatable bonds is 8. The summed E-state index contributed by atoms with van der Waals surface area (Å²) < 4.78 is 5.34. The van der Waals surface area contributed by atoms with Gasteiger partial charge in [0.1, 0.15) is 5.75 Å². The molecule has 112 valence electrons. The lowest BCUT2D eigenvalue weighted by Crippen LogP contribution is -2.28. The van der Waals surface area contributed by atoms with Crippen molar-refractivity contribution < 1.29 is 14.6 Å². The maximum atomic E-state index is 11.0. The maximum Gasteiger partial charge on any atom is 0.309 e. The zero-order valence-corrected chi connectivity index (χ0v) is 13.3. The van der Waals surface area contributed by atoms with Gasteiger partial charge in [0.05, 0.1) is 12.5 Å². The van der Waals surface area contributed by atoms with Gasteiger partial charge in [-0.05, 0) is 50.8 Å². The molecule has 1 aromatic carbocycles. The van der Waals surface area contributed by atoms with Crippen molar-refractivity contribution in [3.05, 3.63) is 23.8 Å². The molecule has 0 bridgehead atoms. The van der Waals surface area contributed by atoms with Crippen LogP contribution < -0.4 is 10.1 Å². The molecular formula is C15H23NO3S. The second kappa shape index (κ2) is 7.55. The number of carbonyl (C=O) groups is 1. The number of hydrogen-bond acceptors (Lipinski definition) is 4. The molecular weight excluding hydrogens is 274 g/mol. The van der Waals surface area contributed by atoms with Gasteiger partial charge in [0.25, 0.3) is 0 Å². The first-order valence-corrected chi connectivity index (χ1v) is 7.78. The molecule has 0 atom stereocenters. The Kier molecular flexibility index (Phi) is 6.36. The van der Waals surface area contributed by atoms with Gasteiger partial charge in [-0.1, -0.05) is 6.07 Å². The Bertz CT molecular complexity index is 460. The van der Waals surface area contributed by atoms with Crippen molar-refractivity contribution >= 4 is 17.7 Å². The SMILES string of the molecule is COc1cc(CNCCC(C)(C)C(=O)O)ccc1SC. The number of aliphatic carboxylic acids is 1. The molecule has 0 heterocycles. The van der Waals surface area contributed by atoms with Crippen molar-refractivity contribution in [2.45, 2.75) is 31.7 Å². The Labute approximate surface area is 124 Å². The highest BCUT2D eigenvalue weighted by molar-refractivity contribution is 7.98. The van der Waals surface area contributed by atoms with Crippen LogP contribution in [0, 0.1) is 5.41 Å². The van der Waals surface area contributed by atoms with Gasteiger partial charge in [0.15, 0.2) is 0 Å². The van der Waals surface area contributed by atoms with Crippen LogP contribution in [0.2, 0.25) is 0 Å². The van der Waals surface area contributed by atoms with Crippen molar-refractivity contribution in [2.75, 3.05) is 19.9 Å². The van der Waals surface area contributed by atoms with Crippen molar-refractivity contribution in [3.8, 4) is 5.75 Å². The number of methoxy groups -OCH3 is 1. The number of carboxylic acids is 1. The Morgan fingerprint density at radius 1 is 1.45 bits per heavy atom. The van der Waals surface area contributed by atoms with Crippen LogP contribution in [0.25, 0.3) is 0 Å². The van der Waals surface area contributed by atoms with Crippen LogP contribution in [-0.2, 0) is 11.3 Å². The number of ether oxygens (including phenoxy) is 1. The van der Waals surface area contributed by atoms with Gasteiger partial charge in [0.2, 0.25) is 0 Å². The Morgan fingerprint density at radius 2 is 2.15 bits per heavy atom. The molecule has 0 unspecified atom stereocenters. The third-order valence-corrected chi connectivity index (χ3v) is 4.06. The molecule has 0 saturated heterocycles. The first-order valence-electron chi connectivity index (χ1n) is 6.55. The molecule has 0 aromatic heterocycles. The van der Waals surface area contributed by atoms with Gasteiger partial charge in [0, 0.05) is 11.4 Å². The topological polar surface area (TPSA) is 58.6 Å². The van der Waals surface area contributed by atoms with E-state index in [2.05, 4.69) is 11.4 Å². The second-order valence-corrected chi connectivity index (χ2v) is 6.15. The molecule has 0 radical (unpaired) electrons. The van der Waals surface area contributed by atoms with Crippen LogP contribution in [0.15, 0.2) is 23.1 Å². The van der Waals surface area contributed by atoms with E-state index in [0.717, 1.165) is 16.2 Å². The molecule has 20 heavy (non-hydrogen) atoms. The van der Waals surface area contributed by atoms with E-state index in [1.807, 2.05) is 18.4 Å². The molecule has 0 spiro atoms. The van der Waals surface area contributed by atoms with Gasteiger partial charge >= 0.3 is 5.97 Å². The fourth-order valence-corrected chi connectivity index (χ4v) is 2.28. The fourth-order valence-electron chi connectivity index (χ4n) is 1.73. The van der Waals surface area contributed by atoms with Gasteiger partial charge in [-0.3, -0.25) is 4.79 Å². The quantitative estimate of drug-likeness (QED) is 0.570. The summed E-state index contributed by atoms with van der Waals surface area (Å²) in [5, 5.41) is 12.3. The highest BCUT2D eigenvalue weighted by atomic mass is 32.2. The minimum Gasteiger partial charge on any atom is -0.496 e. The summed E-state index contributed by atoms with van der Waals surface area (Å²) >= 11 is 1.65. The summed E-state index contributed by atoms with van der Waals surface area (Å²) in [7, 11) is 1.67. The summed E-state index contributed by atoms with van der Waals surface area (Å²) in [4.78, 5) is 12.1. The summed E-state index contributed by atoms with van der Waals surface area (Å²) in [6.07, 6.45) is 2.62. The molecule has 1 rings (SSSR count). The van der Waals surface area contributed by atoms with E-state index in [-0.39, 0.29) is 0 Å². The Hall–Kier alpha value is -1.20. The Balaban J connectivity index is 2.49. The normalized spacial score (nSPS) is 11.4. The van der Waals surface area contributed by atoms with E-state index in [1.165, 1.54) is 0 Å². The zero-order valence-electron chi connectivity index (χ0n) is 12.5. The Morgan fingerprint density at radius 3 is 2.70 bits per heavy atom. The summed E-state index contributed by atoms with van der Waals surface area (Å²) in [6.45, 7) is 4.87. The van der Waals surface area contributed by atoms with Gasteiger partial charge < -0.3 is 15.2 Å². The smallest absolute Gasteiger partial charge is 0.309 e. The molecule has 0 aliphatic heterocycles. The average molecular weight is 297 g/mol. The monoisotopic (exact) mass is 297 g/mol. The predicted molar refractivity (Wildman–Crippen MR) is 82.5 cm³/mol. The minimum atomic E-state index is -0.759. The first-order chi connectivity index (χ1) is 9.40.